The summed E-state index contributed by atoms with van der Waals surface area (Å²) in [6.45, 7) is 1.99. The van der Waals surface area contributed by atoms with Gasteiger partial charge in [-0.25, -0.2) is 4.39 Å². The summed E-state index contributed by atoms with van der Waals surface area (Å²) in [5.74, 6) is -0.596. The van der Waals surface area contributed by atoms with Gasteiger partial charge in [-0.3, -0.25) is 4.79 Å². The molecule has 1 nitrogen and oxygen atoms in total. The molecule has 0 N–H and O–H groups in total. The van der Waals surface area contributed by atoms with E-state index >= 15 is 0 Å². The van der Waals surface area contributed by atoms with Crippen molar-refractivity contribution in [3.8, 4) is 0 Å². The third-order valence-corrected chi connectivity index (χ3v) is 2.58. The second-order valence-corrected chi connectivity index (χ2v) is 4.12. The molecule has 18 heavy (non-hydrogen) atoms. The maximum Gasteiger partial charge on any atom is 0.185 e. The van der Waals surface area contributed by atoms with E-state index < -0.39 is 5.82 Å². The van der Waals surface area contributed by atoms with Crippen LogP contribution in [0.5, 0.6) is 0 Å². The van der Waals surface area contributed by atoms with Gasteiger partial charge in [-0.15, -0.1) is 0 Å². The van der Waals surface area contributed by atoms with Gasteiger partial charge >= 0.3 is 0 Å². The molecule has 2 rings (SSSR count). The van der Waals surface area contributed by atoms with Gasteiger partial charge in [0, 0.05) is 5.56 Å². The van der Waals surface area contributed by atoms with Crippen molar-refractivity contribution >= 4 is 11.9 Å². The molecule has 2 aromatic carbocycles. The van der Waals surface area contributed by atoms with E-state index in [0.717, 1.165) is 11.1 Å². The molecule has 90 valence electrons. The number of hydrogen-bond donors (Lipinski definition) is 0. The van der Waals surface area contributed by atoms with Crippen LogP contribution in [0.25, 0.3) is 6.08 Å². The summed E-state index contributed by atoms with van der Waals surface area (Å²) in [5.41, 5.74) is 2.45. The highest BCUT2D eigenvalue weighted by atomic mass is 19.1. The first-order chi connectivity index (χ1) is 8.65. The Morgan fingerprint density at radius 2 is 1.89 bits per heavy atom. The zero-order chi connectivity index (χ0) is 13.0. The predicted molar refractivity (Wildman–Crippen MR) is 70.9 cm³/mol. The summed E-state index contributed by atoms with van der Waals surface area (Å²) >= 11 is 0. The Labute approximate surface area is 106 Å². The largest absolute Gasteiger partial charge is 0.289 e. The fourth-order valence-corrected chi connectivity index (χ4v) is 1.68. The second-order valence-electron chi connectivity index (χ2n) is 4.12. The minimum atomic E-state index is -0.398. The van der Waals surface area contributed by atoms with Crippen LogP contribution in [0.1, 0.15) is 21.5 Å². The highest BCUT2D eigenvalue weighted by Gasteiger charge is 2.02. The van der Waals surface area contributed by atoms with E-state index in [-0.39, 0.29) is 5.78 Å². The molecule has 0 radical (unpaired) electrons. The molecule has 0 amide bonds. The highest BCUT2D eigenvalue weighted by Crippen LogP contribution is 2.09. The van der Waals surface area contributed by atoms with Crippen molar-refractivity contribution in [2.24, 2.45) is 0 Å². The third kappa shape index (κ3) is 3.14. The van der Waals surface area contributed by atoms with Crippen molar-refractivity contribution in [1.82, 2.24) is 0 Å². The van der Waals surface area contributed by atoms with Gasteiger partial charge in [-0.05, 0) is 30.7 Å². The molecule has 2 heteroatoms. The van der Waals surface area contributed by atoms with Crippen molar-refractivity contribution in [2.75, 3.05) is 0 Å². The van der Waals surface area contributed by atoms with Crippen LogP contribution in [0.4, 0.5) is 4.39 Å². The van der Waals surface area contributed by atoms with Gasteiger partial charge in [0.25, 0.3) is 0 Å². The van der Waals surface area contributed by atoms with Gasteiger partial charge in [-0.2, -0.15) is 0 Å². The standard InChI is InChI=1S/C16H13FO/c1-12-4-2-5-13(10-12)8-9-16(18)14-6-3-7-15(17)11-14/h2-11H,1H3. The van der Waals surface area contributed by atoms with Gasteiger partial charge < -0.3 is 0 Å². The number of carbonyl (C=O) groups is 1. The van der Waals surface area contributed by atoms with E-state index in [2.05, 4.69) is 0 Å². The molecule has 0 spiro atoms. The first kappa shape index (κ1) is 12.2. The highest BCUT2D eigenvalue weighted by molar-refractivity contribution is 6.06. The van der Waals surface area contributed by atoms with Crippen LogP contribution >= 0.6 is 0 Å². The number of halogens is 1. The van der Waals surface area contributed by atoms with E-state index in [1.54, 1.807) is 12.1 Å². The van der Waals surface area contributed by atoms with Crippen LogP contribution in [0.15, 0.2) is 54.6 Å². The monoisotopic (exact) mass is 240 g/mol. The quantitative estimate of drug-likeness (QED) is 0.584. The SMILES string of the molecule is Cc1cccc(C=CC(=O)c2cccc(F)c2)c1. The molecule has 0 saturated carbocycles. The fraction of sp³-hybridized carbons (Fsp3) is 0.0625. The van der Waals surface area contributed by atoms with Crippen LogP contribution in [0, 0.1) is 12.7 Å². The Morgan fingerprint density at radius 1 is 1.11 bits per heavy atom. The summed E-state index contributed by atoms with van der Waals surface area (Å²) in [5, 5.41) is 0. The molecule has 0 aromatic heterocycles. The second kappa shape index (κ2) is 5.41. The Morgan fingerprint density at radius 3 is 2.61 bits per heavy atom. The average molecular weight is 240 g/mol. The molecule has 0 heterocycles. The fourth-order valence-electron chi connectivity index (χ4n) is 1.68. The molecular weight excluding hydrogens is 227 g/mol. The molecule has 0 unspecified atom stereocenters. The summed E-state index contributed by atoms with van der Waals surface area (Å²) in [6, 6.07) is 13.5. The molecule has 0 saturated heterocycles. The third-order valence-electron chi connectivity index (χ3n) is 2.58. The maximum absolute atomic E-state index is 13.0. The summed E-state index contributed by atoms with van der Waals surface area (Å²) < 4.78 is 13.0. The van der Waals surface area contributed by atoms with Crippen LogP contribution in [0.2, 0.25) is 0 Å². The van der Waals surface area contributed by atoms with Gasteiger partial charge in [0.1, 0.15) is 5.82 Å². The molecular formula is C16H13FO. The Hall–Kier alpha value is -2.22. The topological polar surface area (TPSA) is 17.1 Å². The van der Waals surface area contributed by atoms with Gasteiger partial charge in [0.15, 0.2) is 5.78 Å². The van der Waals surface area contributed by atoms with E-state index in [1.165, 1.54) is 24.3 Å². The molecule has 2 aromatic rings. The van der Waals surface area contributed by atoms with Gasteiger partial charge in [-0.1, -0.05) is 48.0 Å². The number of carbonyl (C=O) groups excluding carboxylic acids is 1. The van der Waals surface area contributed by atoms with Crippen LogP contribution < -0.4 is 0 Å². The number of ketones is 1. The lowest BCUT2D eigenvalue weighted by Gasteiger charge is -1.97. The first-order valence-corrected chi connectivity index (χ1v) is 5.70. The van der Waals surface area contributed by atoms with Gasteiger partial charge in [0.2, 0.25) is 0 Å². The lowest BCUT2D eigenvalue weighted by molar-refractivity contribution is 0.104. The number of rotatable bonds is 3. The molecule has 0 bridgehead atoms. The molecule has 0 aliphatic heterocycles. The Bertz CT molecular complexity index is 600. The first-order valence-electron chi connectivity index (χ1n) is 5.70. The predicted octanol–water partition coefficient (Wildman–Crippen LogP) is 4.03. The number of aryl methyl sites for hydroxylation is 1. The summed E-state index contributed by atoms with van der Waals surface area (Å²) in [4.78, 5) is 11.8. The van der Waals surface area contributed by atoms with Crippen LogP contribution in [-0.4, -0.2) is 5.78 Å². The average Bonchev–Trinajstić information content (AvgIpc) is 2.36. The summed E-state index contributed by atoms with van der Waals surface area (Å²) in [7, 11) is 0. The molecule has 0 aliphatic carbocycles. The van der Waals surface area contributed by atoms with Crippen LogP contribution in [0.3, 0.4) is 0 Å². The number of hydrogen-bond acceptors (Lipinski definition) is 1. The maximum atomic E-state index is 13.0. The minimum absolute atomic E-state index is 0.198. The van der Waals surface area contributed by atoms with Crippen molar-refractivity contribution in [3.63, 3.8) is 0 Å². The summed E-state index contributed by atoms with van der Waals surface area (Å²) in [6.07, 6.45) is 3.20. The van der Waals surface area contributed by atoms with Gasteiger partial charge in [0.05, 0.1) is 0 Å². The van der Waals surface area contributed by atoms with Crippen LogP contribution in [-0.2, 0) is 0 Å². The lowest BCUT2D eigenvalue weighted by Crippen LogP contribution is -1.94. The molecule has 0 atom stereocenters. The zero-order valence-corrected chi connectivity index (χ0v) is 10.1. The molecule has 0 aliphatic rings. The minimum Gasteiger partial charge on any atom is -0.289 e. The zero-order valence-electron chi connectivity index (χ0n) is 10.1. The van der Waals surface area contributed by atoms with E-state index in [0.29, 0.717) is 5.56 Å². The Kier molecular flexibility index (Phi) is 3.68. The number of benzene rings is 2. The molecule has 0 fully saturated rings. The van der Waals surface area contributed by atoms with Crippen molar-refractivity contribution in [3.05, 3.63) is 77.1 Å². The van der Waals surface area contributed by atoms with E-state index in [9.17, 15) is 9.18 Å². The smallest absolute Gasteiger partial charge is 0.185 e. The Balaban J connectivity index is 2.17. The lowest BCUT2D eigenvalue weighted by atomic mass is 10.1. The van der Waals surface area contributed by atoms with Crippen molar-refractivity contribution in [1.29, 1.82) is 0 Å². The number of allylic oxidation sites excluding steroid dienone is 1. The van der Waals surface area contributed by atoms with E-state index in [4.69, 9.17) is 0 Å². The van der Waals surface area contributed by atoms with Crippen molar-refractivity contribution in [2.45, 2.75) is 6.92 Å². The normalized spacial score (nSPS) is 10.8. The van der Waals surface area contributed by atoms with Crippen molar-refractivity contribution < 1.29 is 9.18 Å². The van der Waals surface area contributed by atoms with E-state index in [1.807, 2.05) is 31.2 Å².